The predicted octanol–water partition coefficient (Wildman–Crippen LogP) is 5.12. The second-order valence-corrected chi connectivity index (χ2v) is 7.25. The number of halogens is 1. The molecule has 1 aromatic heterocycles. The lowest BCUT2D eigenvalue weighted by molar-refractivity contribution is -0.657. The molecule has 0 aliphatic carbocycles. The number of aromatic hydroxyl groups is 1. The Morgan fingerprint density at radius 1 is 1.12 bits per heavy atom. The lowest BCUT2D eigenvalue weighted by Crippen LogP contribution is -2.36. The van der Waals surface area contributed by atoms with E-state index in [9.17, 15) is 5.11 Å². The minimum Gasteiger partial charge on any atom is -0.508 e. The fourth-order valence-corrected chi connectivity index (χ4v) is 3.48. The molecule has 0 saturated carbocycles. The summed E-state index contributed by atoms with van der Waals surface area (Å²) in [5.74, 6) is 1.29. The van der Waals surface area contributed by atoms with Crippen LogP contribution in [0.1, 0.15) is 38.2 Å². The molecule has 4 nitrogen and oxygen atoms in total. The van der Waals surface area contributed by atoms with E-state index in [0.717, 1.165) is 34.5 Å². The molecule has 0 amide bonds. The third-order valence-electron chi connectivity index (χ3n) is 4.44. The Morgan fingerprint density at radius 3 is 2.80 bits per heavy atom. The SMILES string of the molecule is CCCCCC[n+]1c(NCc2cc(Br)ccc2O)[nH]c2ccccc21. The summed E-state index contributed by atoms with van der Waals surface area (Å²) in [6.45, 7) is 3.78. The Bertz CT molecular complexity index is 844. The van der Waals surface area contributed by atoms with Gasteiger partial charge >= 0.3 is 5.95 Å². The number of aryl methyl sites for hydroxylation is 1. The number of anilines is 1. The summed E-state index contributed by atoms with van der Waals surface area (Å²) in [6.07, 6.45) is 4.93. The van der Waals surface area contributed by atoms with Crippen molar-refractivity contribution in [2.24, 2.45) is 0 Å². The first-order chi connectivity index (χ1) is 12.2. The minimum atomic E-state index is 0.307. The zero-order valence-electron chi connectivity index (χ0n) is 14.6. The number of phenols is 1. The number of H-pyrrole nitrogens is 1. The van der Waals surface area contributed by atoms with Crippen LogP contribution in [0, 0.1) is 0 Å². The molecule has 3 aromatic rings. The standard InChI is InChI=1S/C20H24BrN3O/c1-2-3-4-7-12-24-18-9-6-5-8-17(18)23-20(24)22-14-15-13-16(21)10-11-19(15)25/h5-6,8-11,13H,2-4,7,12,14H2,1H3,(H2,22,23,25)/p+1. The fourth-order valence-electron chi connectivity index (χ4n) is 3.07. The van der Waals surface area contributed by atoms with Gasteiger partial charge in [-0.05, 0) is 36.8 Å². The van der Waals surface area contributed by atoms with Crippen molar-refractivity contribution >= 4 is 32.9 Å². The molecule has 1 heterocycles. The van der Waals surface area contributed by atoms with Crippen LogP contribution in [0.3, 0.4) is 0 Å². The first kappa shape index (κ1) is 17.8. The normalized spacial score (nSPS) is 11.1. The van der Waals surface area contributed by atoms with Crippen LogP contribution in [0.4, 0.5) is 5.95 Å². The first-order valence-corrected chi connectivity index (χ1v) is 9.70. The van der Waals surface area contributed by atoms with Gasteiger partial charge in [-0.2, -0.15) is 0 Å². The maximum Gasteiger partial charge on any atom is 0.356 e. The van der Waals surface area contributed by atoms with Crippen LogP contribution in [-0.2, 0) is 13.1 Å². The van der Waals surface area contributed by atoms with Crippen molar-refractivity contribution in [1.29, 1.82) is 0 Å². The van der Waals surface area contributed by atoms with E-state index in [1.807, 2.05) is 18.2 Å². The molecule has 0 atom stereocenters. The van der Waals surface area contributed by atoms with E-state index in [2.05, 4.69) is 55.9 Å². The van der Waals surface area contributed by atoms with Crippen molar-refractivity contribution < 1.29 is 9.67 Å². The van der Waals surface area contributed by atoms with Gasteiger partial charge in [0.2, 0.25) is 0 Å². The van der Waals surface area contributed by atoms with Crippen molar-refractivity contribution in [3.05, 3.63) is 52.5 Å². The van der Waals surface area contributed by atoms with E-state index in [-0.39, 0.29) is 0 Å². The van der Waals surface area contributed by atoms with Crippen molar-refractivity contribution in [3.8, 4) is 5.75 Å². The number of hydrogen-bond donors (Lipinski definition) is 3. The molecule has 3 N–H and O–H groups in total. The number of rotatable bonds is 8. The van der Waals surface area contributed by atoms with E-state index in [1.165, 1.54) is 24.8 Å². The Kier molecular flexibility index (Phi) is 5.97. The highest BCUT2D eigenvalue weighted by Crippen LogP contribution is 2.23. The van der Waals surface area contributed by atoms with E-state index in [1.54, 1.807) is 6.07 Å². The molecule has 0 bridgehead atoms. The zero-order chi connectivity index (χ0) is 17.6. The number of nitrogens with one attached hydrogen (secondary N) is 2. The van der Waals surface area contributed by atoms with Gasteiger partial charge in [-0.25, -0.2) is 9.55 Å². The Balaban J connectivity index is 1.80. The highest BCUT2D eigenvalue weighted by molar-refractivity contribution is 9.10. The second-order valence-electron chi connectivity index (χ2n) is 6.33. The van der Waals surface area contributed by atoms with Crippen LogP contribution in [0.2, 0.25) is 0 Å². The highest BCUT2D eigenvalue weighted by Gasteiger charge is 2.17. The maximum atomic E-state index is 10.0. The smallest absolute Gasteiger partial charge is 0.356 e. The van der Waals surface area contributed by atoms with Gasteiger partial charge < -0.3 is 5.11 Å². The Hall–Kier alpha value is -2.01. The van der Waals surface area contributed by atoms with Gasteiger partial charge in [-0.3, -0.25) is 5.32 Å². The summed E-state index contributed by atoms with van der Waals surface area (Å²) in [7, 11) is 0. The molecule has 0 aliphatic rings. The van der Waals surface area contributed by atoms with Crippen LogP contribution in [0.25, 0.3) is 11.0 Å². The third-order valence-corrected chi connectivity index (χ3v) is 4.93. The maximum absolute atomic E-state index is 10.0. The highest BCUT2D eigenvalue weighted by atomic mass is 79.9. The first-order valence-electron chi connectivity index (χ1n) is 8.91. The van der Waals surface area contributed by atoms with Gasteiger partial charge in [0.1, 0.15) is 16.8 Å². The van der Waals surface area contributed by atoms with Crippen LogP contribution in [0.5, 0.6) is 5.75 Å². The number of para-hydroxylation sites is 2. The molecule has 0 saturated heterocycles. The number of unbranched alkanes of at least 4 members (excludes halogenated alkanes) is 3. The molecule has 0 spiro atoms. The van der Waals surface area contributed by atoms with Crippen LogP contribution in [-0.4, -0.2) is 10.1 Å². The molecule has 5 heteroatoms. The zero-order valence-corrected chi connectivity index (χ0v) is 16.1. The second kappa shape index (κ2) is 8.39. The molecule has 25 heavy (non-hydrogen) atoms. The molecule has 0 aliphatic heterocycles. The van der Waals surface area contributed by atoms with Gasteiger partial charge in [-0.15, -0.1) is 0 Å². The average Bonchev–Trinajstić information content (AvgIpc) is 2.97. The number of nitrogens with zero attached hydrogens (tertiary/aromatic N) is 1. The topological polar surface area (TPSA) is 51.9 Å². The third kappa shape index (κ3) is 4.34. The number of aromatic nitrogens is 2. The molecule has 0 unspecified atom stereocenters. The molecule has 0 fully saturated rings. The molecular weight excluding hydrogens is 378 g/mol. The molecule has 2 aromatic carbocycles. The van der Waals surface area contributed by atoms with Crippen molar-refractivity contribution in [2.75, 3.05) is 5.32 Å². The van der Waals surface area contributed by atoms with Crippen LogP contribution in [0.15, 0.2) is 46.9 Å². The fraction of sp³-hybridized carbons (Fsp3) is 0.350. The lowest BCUT2D eigenvalue weighted by atomic mass is 10.2. The van der Waals surface area contributed by atoms with Crippen LogP contribution >= 0.6 is 15.9 Å². The number of fused-ring (bicyclic) bond motifs is 1. The van der Waals surface area contributed by atoms with Crippen LogP contribution < -0.4 is 9.88 Å². The average molecular weight is 403 g/mol. The Labute approximate surface area is 157 Å². The molecule has 3 rings (SSSR count). The lowest BCUT2D eigenvalue weighted by Gasteiger charge is -2.06. The molecule has 132 valence electrons. The quantitative estimate of drug-likeness (QED) is 0.361. The number of benzene rings is 2. The monoisotopic (exact) mass is 402 g/mol. The molecular formula is C20H25BrN3O+. The minimum absolute atomic E-state index is 0.307. The van der Waals surface area contributed by atoms with Gasteiger partial charge in [0.15, 0.2) is 0 Å². The van der Waals surface area contributed by atoms with Crippen molar-refractivity contribution in [1.82, 2.24) is 4.98 Å². The summed E-state index contributed by atoms with van der Waals surface area (Å²) in [5.41, 5.74) is 3.20. The van der Waals surface area contributed by atoms with Gasteiger partial charge in [0.25, 0.3) is 0 Å². The van der Waals surface area contributed by atoms with Gasteiger partial charge in [0, 0.05) is 10.0 Å². The largest absolute Gasteiger partial charge is 0.508 e. The summed E-state index contributed by atoms with van der Waals surface area (Å²) < 4.78 is 3.27. The van der Waals surface area contributed by atoms with E-state index >= 15 is 0 Å². The summed E-state index contributed by atoms with van der Waals surface area (Å²) >= 11 is 3.46. The molecule has 0 radical (unpaired) electrons. The number of aromatic amines is 1. The van der Waals surface area contributed by atoms with E-state index < -0.39 is 0 Å². The summed E-state index contributed by atoms with van der Waals surface area (Å²) in [6, 6.07) is 13.9. The van der Waals surface area contributed by atoms with Crippen molar-refractivity contribution in [2.45, 2.75) is 45.7 Å². The van der Waals surface area contributed by atoms with E-state index in [4.69, 9.17) is 0 Å². The Morgan fingerprint density at radius 2 is 1.96 bits per heavy atom. The van der Waals surface area contributed by atoms with Gasteiger partial charge in [-0.1, -0.05) is 54.2 Å². The van der Waals surface area contributed by atoms with Crippen molar-refractivity contribution in [3.63, 3.8) is 0 Å². The summed E-state index contributed by atoms with van der Waals surface area (Å²) in [4.78, 5) is 3.47. The number of imidazole rings is 1. The number of phenolic OH excluding ortho intramolecular Hbond substituents is 1. The number of hydrogen-bond acceptors (Lipinski definition) is 2. The van der Waals surface area contributed by atoms with Gasteiger partial charge in [0.05, 0.1) is 13.1 Å². The predicted molar refractivity (Wildman–Crippen MR) is 106 cm³/mol. The van der Waals surface area contributed by atoms with E-state index in [0.29, 0.717) is 12.3 Å². The summed E-state index contributed by atoms with van der Waals surface area (Å²) in [5, 5.41) is 13.5.